The van der Waals surface area contributed by atoms with Gasteiger partial charge >= 0.3 is 5.97 Å². The van der Waals surface area contributed by atoms with Crippen LogP contribution < -0.4 is 21.3 Å². The zero-order chi connectivity index (χ0) is 43.9. The van der Waals surface area contributed by atoms with E-state index in [1.54, 1.807) is 42.5 Å². The monoisotopic (exact) mass is 845 g/mol. The Labute approximate surface area is 356 Å². The maximum atomic E-state index is 14.9. The van der Waals surface area contributed by atoms with Crippen molar-refractivity contribution >= 4 is 41.4 Å². The highest BCUT2D eigenvalue weighted by Gasteiger charge is 2.42. The fourth-order valence-corrected chi connectivity index (χ4v) is 8.06. The SMILES string of the molecule is C[C@H]1OC(=O)[C@H](Cc2ccccc2)NC(=O)[C@H]2Cc3ccccc3CN2C(=O)[C@H](Cc2ccc(O)cc2)NC(=O)[C@@H]2CCCN2C(=O)CNC(=O)[C@H]1NC(=O)c1ncccc1O. The lowest BCUT2D eigenvalue weighted by Crippen LogP contribution is -2.61. The number of esters is 1. The number of nitrogens with one attached hydrogen (secondary N) is 4. The van der Waals surface area contributed by atoms with Crippen molar-refractivity contribution in [3.8, 4) is 11.5 Å². The highest BCUT2D eigenvalue weighted by molar-refractivity contribution is 6.00. The van der Waals surface area contributed by atoms with Crippen molar-refractivity contribution in [2.24, 2.45) is 0 Å². The lowest BCUT2D eigenvalue weighted by Gasteiger charge is -2.39. The van der Waals surface area contributed by atoms with Crippen LogP contribution in [0.25, 0.3) is 0 Å². The van der Waals surface area contributed by atoms with Gasteiger partial charge in [0, 0.05) is 38.5 Å². The second-order valence-corrected chi connectivity index (χ2v) is 15.6. The fourth-order valence-electron chi connectivity index (χ4n) is 8.06. The molecule has 3 aliphatic rings. The van der Waals surface area contributed by atoms with Gasteiger partial charge in [-0.15, -0.1) is 0 Å². The fraction of sp³-hybridized carbons (Fsp3) is 0.333. The number of benzene rings is 3. The summed E-state index contributed by atoms with van der Waals surface area (Å²) in [5, 5.41) is 30.9. The Bertz CT molecular complexity index is 2340. The summed E-state index contributed by atoms with van der Waals surface area (Å²) >= 11 is 0. The number of carbonyl (C=O) groups is 7. The Morgan fingerprint density at radius 3 is 2.18 bits per heavy atom. The molecule has 62 heavy (non-hydrogen) atoms. The highest BCUT2D eigenvalue weighted by Crippen LogP contribution is 2.26. The summed E-state index contributed by atoms with van der Waals surface area (Å²) in [6.07, 6.45) is 0.520. The van der Waals surface area contributed by atoms with E-state index in [1.807, 2.05) is 24.3 Å². The first-order chi connectivity index (χ1) is 29.9. The number of hydrogen-bond acceptors (Lipinski definition) is 11. The minimum atomic E-state index is -1.64. The van der Waals surface area contributed by atoms with Crippen LogP contribution in [-0.2, 0) is 59.3 Å². The third-order valence-electron chi connectivity index (χ3n) is 11.3. The molecule has 17 nitrogen and oxygen atoms in total. The van der Waals surface area contributed by atoms with Crippen molar-refractivity contribution in [1.82, 2.24) is 36.1 Å². The van der Waals surface area contributed by atoms with Crippen LogP contribution in [0, 0.1) is 0 Å². The van der Waals surface area contributed by atoms with Crippen LogP contribution in [0.1, 0.15) is 52.5 Å². The van der Waals surface area contributed by atoms with Gasteiger partial charge in [0.15, 0.2) is 5.69 Å². The topological polar surface area (TPSA) is 237 Å². The number of phenols is 1. The van der Waals surface area contributed by atoms with E-state index >= 15 is 0 Å². The van der Waals surface area contributed by atoms with Crippen molar-refractivity contribution in [3.05, 3.63) is 125 Å². The summed E-state index contributed by atoms with van der Waals surface area (Å²) in [6.45, 7) is 0.904. The Morgan fingerprint density at radius 1 is 0.774 bits per heavy atom. The van der Waals surface area contributed by atoms with Gasteiger partial charge in [0.05, 0.1) is 6.54 Å². The molecule has 6 amide bonds. The lowest BCUT2D eigenvalue weighted by atomic mass is 9.91. The van der Waals surface area contributed by atoms with Gasteiger partial charge in [-0.3, -0.25) is 28.8 Å². The van der Waals surface area contributed by atoms with E-state index in [-0.39, 0.29) is 44.5 Å². The minimum Gasteiger partial charge on any atom is -0.508 e. The number of aromatic nitrogens is 1. The second kappa shape index (κ2) is 19.0. The molecule has 4 aromatic rings. The van der Waals surface area contributed by atoms with Crippen LogP contribution in [0.3, 0.4) is 0 Å². The molecule has 6 atom stereocenters. The van der Waals surface area contributed by atoms with Crippen molar-refractivity contribution < 1.29 is 48.5 Å². The molecule has 4 heterocycles. The van der Waals surface area contributed by atoms with Gasteiger partial charge in [-0.25, -0.2) is 9.78 Å². The number of cyclic esters (lactones) is 1. The molecule has 17 heteroatoms. The van der Waals surface area contributed by atoms with E-state index in [1.165, 1.54) is 47.2 Å². The van der Waals surface area contributed by atoms with Crippen molar-refractivity contribution in [3.63, 3.8) is 0 Å². The molecule has 0 aliphatic carbocycles. The number of rotatable bonds is 6. The van der Waals surface area contributed by atoms with Gasteiger partial charge in [-0.1, -0.05) is 66.7 Å². The average Bonchev–Trinajstić information content (AvgIpc) is 3.78. The number of phenolic OH excluding ortho intramolecular Hbond substituents is 1. The molecule has 322 valence electrons. The van der Waals surface area contributed by atoms with Crippen LogP contribution in [-0.4, -0.2) is 116 Å². The molecule has 0 spiro atoms. The Hall–Kier alpha value is -7.30. The summed E-state index contributed by atoms with van der Waals surface area (Å²) in [5.74, 6) is -5.88. The molecule has 2 fully saturated rings. The van der Waals surface area contributed by atoms with Gasteiger partial charge in [0.2, 0.25) is 29.5 Å². The van der Waals surface area contributed by atoms with Gasteiger partial charge in [-0.05, 0) is 66.3 Å². The Kier molecular flexibility index (Phi) is 13.1. The van der Waals surface area contributed by atoms with Gasteiger partial charge in [0.1, 0.15) is 47.8 Å². The molecule has 7 rings (SSSR count). The molecule has 0 saturated carbocycles. The van der Waals surface area contributed by atoms with E-state index in [9.17, 15) is 43.8 Å². The van der Waals surface area contributed by atoms with Crippen molar-refractivity contribution in [1.29, 1.82) is 0 Å². The van der Waals surface area contributed by atoms with Crippen molar-refractivity contribution in [2.45, 2.75) is 81.9 Å². The molecular formula is C45H47N7O10. The number of aromatic hydroxyl groups is 2. The van der Waals surface area contributed by atoms with E-state index in [0.717, 1.165) is 11.1 Å². The third kappa shape index (κ3) is 9.83. The first kappa shape index (κ1) is 42.8. The molecule has 6 N–H and O–H groups in total. The predicted octanol–water partition coefficient (Wildman–Crippen LogP) is 1.05. The zero-order valence-corrected chi connectivity index (χ0v) is 33.9. The summed E-state index contributed by atoms with van der Waals surface area (Å²) in [7, 11) is 0. The molecule has 3 aliphatic heterocycles. The number of carbonyl (C=O) groups excluding carboxylic acids is 7. The smallest absolute Gasteiger partial charge is 0.329 e. The summed E-state index contributed by atoms with van der Waals surface area (Å²) in [4.78, 5) is 106. The average molecular weight is 846 g/mol. The second-order valence-electron chi connectivity index (χ2n) is 15.6. The van der Waals surface area contributed by atoms with Gasteiger partial charge in [0.25, 0.3) is 5.91 Å². The zero-order valence-electron chi connectivity index (χ0n) is 33.9. The van der Waals surface area contributed by atoms with Crippen LogP contribution in [0.2, 0.25) is 0 Å². The Morgan fingerprint density at radius 2 is 1.44 bits per heavy atom. The molecule has 2 saturated heterocycles. The van der Waals surface area contributed by atoms with Crippen LogP contribution in [0.4, 0.5) is 0 Å². The maximum absolute atomic E-state index is 14.9. The Balaban J connectivity index is 1.27. The number of pyridine rings is 1. The number of nitrogens with zero attached hydrogens (tertiary/aromatic N) is 3. The number of ether oxygens (including phenoxy) is 1. The number of hydrogen-bond donors (Lipinski definition) is 6. The molecule has 3 aromatic carbocycles. The molecule has 1 aromatic heterocycles. The highest BCUT2D eigenvalue weighted by atomic mass is 16.5. The van der Waals surface area contributed by atoms with Crippen LogP contribution in [0.15, 0.2) is 97.2 Å². The van der Waals surface area contributed by atoms with E-state index < -0.39 is 95.7 Å². The van der Waals surface area contributed by atoms with E-state index in [2.05, 4.69) is 26.3 Å². The summed E-state index contributed by atoms with van der Waals surface area (Å²) in [6, 6.07) is 18.4. The molecule has 0 radical (unpaired) electrons. The van der Waals surface area contributed by atoms with Crippen LogP contribution in [0.5, 0.6) is 11.5 Å². The number of fused-ring (bicyclic) bond motifs is 3. The van der Waals surface area contributed by atoms with E-state index in [0.29, 0.717) is 17.5 Å². The normalized spacial score (nSPS) is 23.8. The molecule has 0 bridgehead atoms. The summed E-state index contributed by atoms with van der Waals surface area (Å²) < 4.78 is 5.85. The third-order valence-corrected chi connectivity index (χ3v) is 11.3. The molecule has 0 unspecified atom stereocenters. The maximum Gasteiger partial charge on any atom is 0.329 e. The van der Waals surface area contributed by atoms with Crippen LogP contribution >= 0.6 is 0 Å². The molecular weight excluding hydrogens is 799 g/mol. The van der Waals surface area contributed by atoms with Gasteiger partial charge in [-0.2, -0.15) is 0 Å². The summed E-state index contributed by atoms with van der Waals surface area (Å²) in [5.41, 5.74) is 2.41. The van der Waals surface area contributed by atoms with Crippen molar-refractivity contribution in [2.75, 3.05) is 13.1 Å². The number of amides is 6. The lowest BCUT2D eigenvalue weighted by molar-refractivity contribution is -0.155. The largest absolute Gasteiger partial charge is 0.508 e. The minimum absolute atomic E-state index is 0.000345. The standard InChI is InChI=1S/C45H47N7O10/c1-26-38(50-43(59)39-36(54)14-7-19-46-39)42(58)47-24-37(55)51-20-8-13-34(51)40(56)48-32(21-28-15-17-31(53)18-16-28)44(60)52-25-30-12-6-5-11-29(30)23-35(52)41(57)49-33(45(61)62-26)22-27-9-3-2-4-10-27/h2-7,9-12,14-19,26,32-35,38,53-54H,8,13,20-25H2,1H3,(H,47,58)(H,48,56)(H,49,57)(H,50,59)/t26-,32+,33+,34+,35-,38+/m1/s1. The van der Waals surface area contributed by atoms with Gasteiger partial charge < -0.3 is 46.0 Å². The first-order valence-corrected chi connectivity index (χ1v) is 20.4. The quantitative estimate of drug-likeness (QED) is 0.150. The predicted molar refractivity (Wildman–Crippen MR) is 221 cm³/mol. The first-order valence-electron chi connectivity index (χ1n) is 20.4. The van der Waals surface area contributed by atoms with E-state index in [4.69, 9.17) is 4.74 Å².